The first-order valence-electron chi connectivity index (χ1n) is 11.8. The molecular weight excluding hydrogens is 466 g/mol. The summed E-state index contributed by atoms with van der Waals surface area (Å²) in [4.78, 5) is 28.1. The van der Waals surface area contributed by atoms with Gasteiger partial charge in [0.05, 0.1) is 19.1 Å². The number of benzene rings is 2. The summed E-state index contributed by atoms with van der Waals surface area (Å²) in [6.07, 6.45) is 2.23. The lowest BCUT2D eigenvalue weighted by molar-refractivity contribution is -0.140. The van der Waals surface area contributed by atoms with E-state index in [0.717, 1.165) is 33.7 Å². The first kappa shape index (κ1) is 28.2. The van der Waals surface area contributed by atoms with Gasteiger partial charge in [-0.2, -0.15) is 0 Å². The average Bonchev–Trinajstić information content (AvgIpc) is 2.82. The molecule has 9 heteroatoms. The largest absolute Gasteiger partial charge is 0.497 e. The Morgan fingerprint density at radius 3 is 2.20 bits per heavy atom. The third-order valence-corrected chi connectivity index (χ3v) is 7.05. The second kappa shape index (κ2) is 12.6. The maximum Gasteiger partial charge on any atom is 0.244 e. The Balaban J connectivity index is 2.43. The molecule has 0 radical (unpaired) electrons. The van der Waals surface area contributed by atoms with Gasteiger partial charge in [-0.15, -0.1) is 0 Å². The number of anilines is 1. The molecular formula is C26H37N3O5S. The van der Waals surface area contributed by atoms with Gasteiger partial charge in [0.2, 0.25) is 21.8 Å². The fourth-order valence-corrected chi connectivity index (χ4v) is 4.55. The van der Waals surface area contributed by atoms with E-state index < -0.39 is 28.5 Å². The second-order valence-electron chi connectivity index (χ2n) is 8.62. The molecule has 0 aromatic heterocycles. The highest BCUT2D eigenvalue weighted by atomic mass is 32.2. The van der Waals surface area contributed by atoms with Crippen LogP contribution in [0, 0.1) is 13.8 Å². The van der Waals surface area contributed by atoms with Gasteiger partial charge in [0, 0.05) is 13.1 Å². The van der Waals surface area contributed by atoms with Crippen LogP contribution in [0.25, 0.3) is 0 Å². The van der Waals surface area contributed by atoms with Gasteiger partial charge < -0.3 is 15.0 Å². The van der Waals surface area contributed by atoms with Crippen molar-refractivity contribution in [1.29, 1.82) is 0 Å². The lowest BCUT2D eigenvalue weighted by atomic mass is 10.1. The number of nitrogens with one attached hydrogen (secondary N) is 1. The van der Waals surface area contributed by atoms with E-state index in [9.17, 15) is 18.0 Å². The average molecular weight is 504 g/mol. The van der Waals surface area contributed by atoms with Crippen molar-refractivity contribution in [2.45, 2.75) is 53.1 Å². The summed E-state index contributed by atoms with van der Waals surface area (Å²) in [6, 6.07) is 11.8. The van der Waals surface area contributed by atoms with E-state index in [-0.39, 0.29) is 12.5 Å². The van der Waals surface area contributed by atoms with Crippen molar-refractivity contribution < 1.29 is 22.7 Å². The number of carbonyl (C=O) groups is 2. The lowest BCUT2D eigenvalue weighted by Gasteiger charge is -2.33. The van der Waals surface area contributed by atoms with Crippen molar-refractivity contribution in [2.75, 3.05) is 30.8 Å². The summed E-state index contributed by atoms with van der Waals surface area (Å²) in [5.41, 5.74) is 3.16. The SMILES string of the molecule is CCCNC(=O)[C@@H](CC)N(Cc1ccc(OC)cc1)C(=O)CN(c1ccc(C)c(C)c1)S(C)(=O)=O. The van der Waals surface area contributed by atoms with Crippen molar-refractivity contribution in [3.05, 3.63) is 59.2 Å². The molecule has 0 aliphatic carbocycles. The molecule has 0 saturated heterocycles. The predicted octanol–water partition coefficient (Wildman–Crippen LogP) is 3.41. The number of rotatable bonds is 12. The highest BCUT2D eigenvalue weighted by Crippen LogP contribution is 2.23. The van der Waals surface area contributed by atoms with Gasteiger partial charge in [-0.1, -0.05) is 32.0 Å². The number of hydrogen-bond donors (Lipinski definition) is 1. The lowest BCUT2D eigenvalue weighted by Crippen LogP contribution is -2.52. The van der Waals surface area contributed by atoms with Crippen LogP contribution in [-0.4, -0.2) is 57.6 Å². The highest BCUT2D eigenvalue weighted by molar-refractivity contribution is 7.92. The number of sulfonamides is 1. The van der Waals surface area contributed by atoms with Crippen LogP contribution >= 0.6 is 0 Å². The van der Waals surface area contributed by atoms with Gasteiger partial charge in [0.1, 0.15) is 18.3 Å². The molecule has 2 aromatic rings. The Labute approximate surface area is 209 Å². The standard InChI is InChI=1S/C26H37N3O5S/c1-7-15-27-26(31)24(8-2)28(17-21-10-13-23(34-5)14-11-21)25(30)18-29(35(6,32)33)22-12-9-19(3)20(4)16-22/h9-14,16,24H,7-8,15,17-18H2,1-6H3,(H,27,31)/t24-/m1/s1. The molecule has 2 aromatic carbocycles. The molecule has 192 valence electrons. The van der Waals surface area contributed by atoms with E-state index in [1.54, 1.807) is 31.4 Å². The fourth-order valence-electron chi connectivity index (χ4n) is 3.71. The summed E-state index contributed by atoms with van der Waals surface area (Å²) in [5.74, 6) is -0.0337. The van der Waals surface area contributed by atoms with Crippen LogP contribution in [0.3, 0.4) is 0 Å². The predicted molar refractivity (Wildman–Crippen MR) is 139 cm³/mol. The summed E-state index contributed by atoms with van der Waals surface area (Å²) in [7, 11) is -2.18. The van der Waals surface area contributed by atoms with Crippen molar-refractivity contribution in [3.63, 3.8) is 0 Å². The number of methoxy groups -OCH3 is 1. The third kappa shape index (κ3) is 7.71. The fraction of sp³-hybridized carbons (Fsp3) is 0.462. The Bertz CT molecular complexity index is 1120. The summed E-state index contributed by atoms with van der Waals surface area (Å²) < 4.78 is 31.7. The molecule has 0 aliphatic heterocycles. The first-order valence-corrected chi connectivity index (χ1v) is 13.6. The zero-order chi connectivity index (χ0) is 26.2. The summed E-state index contributed by atoms with van der Waals surface area (Å²) >= 11 is 0. The van der Waals surface area contributed by atoms with Gasteiger partial charge in [0.25, 0.3) is 0 Å². The minimum atomic E-state index is -3.76. The number of ether oxygens (including phenoxy) is 1. The summed E-state index contributed by atoms with van der Waals surface area (Å²) in [5, 5.41) is 2.87. The van der Waals surface area contributed by atoms with Gasteiger partial charge in [0.15, 0.2) is 0 Å². The second-order valence-corrected chi connectivity index (χ2v) is 10.5. The molecule has 0 heterocycles. The minimum Gasteiger partial charge on any atom is -0.497 e. The van der Waals surface area contributed by atoms with Crippen molar-refractivity contribution >= 4 is 27.5 Å². The molecule has 2 amide bonds. The van der Waals surface area contributed by atoms with E-state index in [0.29, 0.717) is 24.4 Å². The molecule has 35 heavy (non-hydrogen) atoms. The number of amides is 2. The Hall–Kier alpha value is -3.07. The van der Waals surface area contributed by atoms with Crippen LogP contribution in [-0.2, 0) is 26.2 Å². The van der Waals surface area contributed by atoms with Gasteiger partial charge in [-0.05, 0) is 67.6 Å². The number of carbonyl (C=O) groups excluding carboxylic acids is 2. The quantitative estimate of drug-likeness (QED) is 0.479. The molecule has 0 fully saturated rings. The zero-order valence-corrected chi connectivity index (χ0v) is 22.3. The third-order valence-electron chi connectivity index (χ3n) is 5.90. The number of hydrogen-bond acceptors (Lipinski definition) is 5. The molecule has 0 spiro atoms. The minimum absolute atomic E-state index is 0.158. The van der Waals surface area contributed by atoms with E-state index in [4.69, 9.17) is 4.74 Å². The zero-order valence-electron chi connectivity index (χ0n) is 21.5. The van der Waals surface area contributed by atoms with E-state index in [1.807, 2.05) is 45.9 Å². The van der Waals surface area contributed by atoms with Gasteiger partial charge in [-0.25, -0.2) is 8.42 Å². The molecule has 2 rings (SSSR count). The number of aryl methyl sites for hydroxylation is 2. The molecule has 0 saturated carbocycles. The first-order chi connectivity index (χ1) is 16.5. The normalized spacial score (nSPS) is 12.1. The maximum atomic E-state index is 13.6. The molecule has 1 N–H and O–H groups in total. The monoisotopic (exact) mass is 503 g/mol. The van der Waals surface area contributed by atoms with Crippen LogP contribution in [0.4, 0.5) is 5.69 Å². The highest BCUT2D eigenvalue weighted by Gasteiger charge is 2.31. The smallest absolute Gasteiger partial charge is 0.244 e. The van der Waals surface area contributed by atoms with Gasteiger partial charge in [-0.3, -0.25) is 13.9 Å². The number of nitrogens with zero attached hydrogens (tertiary/aromatic N) is 2. The van der Waals surface area contributed by atoms with E-state index in [1.165, 1.54) is 4.90 Å². The Kier molecular flexibility index (Phi) is 10.1. The van der Waals surface area contributed by atoms with E-state index in [2.05, 4.69) is 5.32 Å². The molecule has 1 atom stereocenters. The van der Waals surface area contributed by atoms with Gasteiger partial charge >= 0.3 is 0 Å². The van der Waals surface area contributed by atoms with Crippen molar-refractivity contribution in [3.8, 4) is 5.75 Å². The maximum absolute atomic E-state index is 13.6. The van der Waals surface area contributed by atoms with Crippen molar-refractivity contribution in [2.24, 2.45) is 0 Å². The Morgan fingerprint density at radius 2 is 1.69 bits per heavy atom. The van der Waals surface area contributed by atoms with Crippen LogP contribution in [0.2, 0.25) is 0 Å². The van der Waals surface area contributed by atoms with Crippen LogP contribution in [0.1, 0.15) is 43.4 Å². The van der Waals surface area contributed by atoms with Crippen molar-refractivity contribution in [1.82, 2.24) is 10.2 Å². The molecule has 0 bridgehead atoms. The van der Waals surface area contributed by atoms with Crippen LogP contribution in [0.5, 0.6) is 5.75 Å². The van der Waals surface area contributed by atoms with E-state index >= 15 is 0 Å². The molecule has 0 aliphatic rings. The van der Waals surface area contributed by atoms with Crippen LogP contribution < -0.4 is 14.4 Å². The van der Waals surface area contributed by atoms with Crippen LogP contribution in [0.15, 0.2) is 42.5 Å². The molecule has 8 nitrogen and oxygen atoms in total. The topological polar surface area (TPSA) is 96.0 Å². The molecule has 0 unspecified atom stereocenters. The summed E-state index contributed by atoms with van der Waals surface area (Å²) in [6.45, 7) is 7.87. The Morgan fingerprint density at radius 1 is 1.03 bits per heavy atom.